The largest absolute Gasteiger partial charge is 0.382 e. The third-order valence-electron chi connectivity index (χ3n) is 2.77. The Labute approximate surface area is 87.2 Å². The molecule has 1 aliphatic rings. The van der Waals surface area contributed by atoms with E-state index in [0.717, 1.165) is 25.6 Å². The highest BCUT2D eigenvalue weighted by molar-refractivity contribution is 4.79. The Morgan fingerprint density at radius 2 is 2.07 bits per heavy atom. The average Bonchev–Trinajstić information content (AvgIpc) is 2.99. The maximum absolute atomic E-state index is 5.44. The summed E-state index contributed by atoms with van der Waals surface area (Å²) in [6, 6.07) is 0.644. The van der Waals surface area contributed by atoms with Gasteiger partial charge in [0, 0.05) is 19.8 Å². The highest BCUT2D eigenvalue weighted by Gasteiger charge is 2.24. The summed E-state index contributed by atoms with van der Waals surface area (Å²) in [4.78, 5) is 0. The molecule has 0 aromatic rings. The van der Waals surface area contributed by atoms with E-state index >= 15 is 0 Å². The first-order valence-corrected chi connectivity index (χ1v) is 5.60. The summed E-state index contributed by atoms with van der Waals surface area (Å²) in [6.07, 6.45) is 5.31. The second kappa shape index (κ2) is 7.21. The summed E-state index contributed by atoms with van der Waals surface area (Å²) in [5, 5.41) is 3.35. The van der Waals surface area contributed by atoms with Crippen molar-refractivity contribution in [2.45, 2.75) is 31.7 Å². The van der Waals surface area contributed by atoms with Crippen LogP contribution in [0.15, 0.2) is 0 Å². The molecular weight excluding hydrogens is 178 g/mol. The number of hydrogen-bond acceptors (Lipinski definition) is 3. The van der Waals surface area contributed by atoms with E-state index in [2.05, 4.69) is 5.32 Å². The van der Waals surface area contributed by atoms with Gasteiger partial charge in [0.1, 0.15) is 0 Å². The molecule has 1 saturated carbocycles. The van der Waals surface area contributed by atoms with E-state index in [-0.39, 0.29) is 0 Å². The van der Waals surface area contributed by atoms with E-state index in [1.807, 2.05) is 7.05 Å². The van der Waals surface area contributed by atoms with Crippen LogP contribution >= 0.6 is 0 Å². The van der Waals surface area contributed by atoms with Gasteiger partial charge in [-0.2, -0.15) is 0 Å². The molecular formula is C11H23NO2. The molecule has 1 atom stereocenters. The summed E-state index contributed by atoms with van der Waals surface area (Å²) in [7, 11) is 3.75. The minimum Gasteiger partial charge on any atom is -0.382 e. The Morgan fingerprint density at radius 1 is 1.29 bits per heavy atom. The van der Waals surface area contributed by atoms with Crippen molar-refractivity contribution in [3.05, 3.63) is 0 Å². The van der Waals surface area contributed by atoms with Crippen molar-refractivity contribution in [1.29, 1.82) is 0 Å². The summed E-state index contributed by atoms with van der Waals surface area (Å²) < 4.78 is 10.4. The lowest BCUT2D eigenvalue weighted by atomic mass is 10.1. The Bertz CT molecular complexity index is 137. The average molecular weight is 201 g/mol. The molecule has 0 spiro atoms. The first kappa shape index (κ1) is 12.0. The van der Waals surface area contributed by atoms with E-state index in [4.69, 9.17) is 9.47 Å². The third-order valence-corrected chi connectivity index (χ3v) is 2.77. The van der Waals surface area contributed by atoms with E-state index in [1.54, 1.807) is 7.11 Å². The van der Waals surface area contributed by atoms with Gasteiger partial charge in [0.05, 0.1) is 13.2 Å². The van der Waals surface area contributed by atoms with Crippen molar-refractivity contribution >= 4 is 0 Å². The highest BCUT2D eigenvalue weighted by Crippen LogP contribution is 2.33. The zero-order valence-electron chi connectivity index (χ0n) is 9.42. The van der Waals surface area contributed by atoms with E-state index in [0.29, 0.717) is 12.6 Å². The van der Waals surface area contributed by atoms with Crippen molar-refractivity contribution in [2.24, 2.45) is 5.92 Å². The quantitative estimate of drug-likeness (QED) is 0.572. The highest BCUT2D eigenvalue weighted by atomic mass is 16.5. The molecule has 0 amide bonds. The van der Waals surface area contributed by atoms with Gasteiger partial charge >= 0.3 is 0 Å². The van der Waals surface area contributed by atoms with Gasteiger partial charge in [-0.1, -0.05) is 12.8 Å². The zero-order valence-corrected chi connectivity index (χ0v) is 9.42. The minimum atomic E-state index is 0.644. The standard InChI is InChI=1S/C11H23NO2/c1-12-11(9-10-3-4-10)5-6-14-8-7-13-2/h10-12H,3-9H2,1-2H3. The molecule has 0 bridgehead atoms. The van der Waals surface area contributed by atoms with Crippen molar-refractivity contribution < 1.29 is 9.47 Å². The fraction of sp³-hybridized carbons (Fsp3) is 1.00. The van der Waals surface area contributed by atoms with Gasteiger partial charge in [-0.25, -0.2) is 0 Å². The van der Waals surface area contributed by atoms with Crippen LogP contribution in [-0.4, -0.2) is 40.0 Å². The summed E-state index contributed by atoms with van der Waals surface area (Å²) in [5.41, 5.74) is 0. The summed E-state index contributed by atoms with van der Waals surface area (Å²) >= 11 is 0. The normalized spacial score (nSPS) is 18.4. The molecule has 1 rings (SSSR count). The van der Waals surface area contributed by atoms with Crippen LogP contribution in [0.4, 0.5) is 0 Å². The maximum atomic E-state index is 5.44. The van der Waals surface area contributed by atoms with Crippen molar-refractivity contribution in [3.63, 3.8) is 0 Å². The molecule has 1 fully saturated rings. The predicted molar refractivity (Wildman–Crippen MR) is 57.5 cm³/mol. The first-order chi connectivity index (χ1) is 6.86. The van der Waals surface area contributed by atoms with Crippen molar-refractivity contribution in [3.8, 4) is 0 Å². The first-order valence-electron chi connectivity index (χ1n) is 5.60. The molecule has 0 aliphatic heterocycles. The van der Waals surface area contributed by atoms with Crippen LogP contribution in [0.25, 0.3) is 0 Å². The topological polar surface area (TPSA) is 30.5 Å². The molecule has 14 heavy (non-hydrogen) atoms. The van der Waals surface area contributed by atoms with Gasteiger partial charge in [0.25, 0.3) is 0 Å². The molecule has 3 nitrogen and oxygen atoms in total. The van der Waals surface area contributed by atoms with Gasteiger partial charge in [-0.15, -0.1) is 0 Å². The molecule has 0 heterocycles. The number of methoxy groups -OCH3 is 1. The van der Waals surface area contributed by atoms with Crippen LogP contribution in [-0.2, 0) is 9.47 Å². The van der Waals surface area contributed by atoms with E-state index < -0.39 is 0 Å². The molecule has 0 saturated heterocycles. The molecule has 0 aromatic heterocycles. The van der Waals surface area contributed by atoms with Crippen LogP contribution < -0.4 is 5.32 Å². The summed E-state index contributed by atoms with van der Waals surface area (Å²) in [6.45, 7) is 2.27. The molecule has 1 N–H and O–H groups in total. The van der Waals surface area contributed by atoms with Crippen LogP contribution in [0, 0.1) is 5.92 Å². The Morgan fingerprint density at radius 3 is 2.64 bits per heavy atom. The van der Waals surface area contributed by atoms with Crippen LogP contribution in [0.5, 0.6) is 0 Å². The lowest BCUT2D eigenvalue weighted by molar-refractivity contribution is 0.0655. The fourth-order valence-electron chi connectivity index (χ4n) is 1.61. The number of ether oxygens (including phenoxy) is 2. The molecule has 84 valence electrons. The third kappa shape index (κ3) is 5.58. The predicted octanol–water partition coefficient (Wildman–Crippen LogP) is 1.43. The second-order valence-corrected chi connectivity index (χ2v) is 4.06. The van der Waals surface area contributed by atoms with E-state index in [9.17, 15) is 0 Å². The van der Waals surface area contributed by atoms with Crippen molar-refractivity contribution in [2.75, 3.05) is 34.0 Å². The maximum Gasteiger partial charge on any atom is 0.0700 e. The van der Waals surface area contributed by atoms with Crippen LogP contribution in [0.2, 0.25) is 0 Å². The number of rotatable bonds is 9. The van der Waals surface area contributed by atoms with Crippen molar-refractivity contribution in [1.82, 2.24) is 5.32 Å². The number of hydrogen-bond donors (Lipinski definition) is 1. The molecule has 1 aliphatic carbocycles. The zero-order chi connectivity index (χ0) is 10.2. The lowest BCUT2D eigenvalue weighted by Crippen LogP contribution is -2.27. The van der Waals surface area contributed by atoms with Gasteiger partial charge in [0.15, 0.2) is 0 Å². The Kier molecular flexibility index (Phi) is 6.15. The molecule has 1 unspecified atom stereocenters. The van der Waals surface area contributed by atoms with E-state index in [1.165, 1.54) is 19.3 Å². The fourth-order valence-corrected chi connectivity index (χ4v) is 1.61. The van der Waals surface area contributed by atoms with Gasteiger partial charge < -0.3 is 14.8 Å². The molecule has 3 heteroatoms. The SMILES string of the molecule is CNC(CCOCCOC)CC1CC1. The Balaban J connectivity index is 1.90. The lowest BCUT2D eigenvalue weighted by Gasteiger charge is -2.15. The smallest absolute Gasteiger partial charge is 0.0700 e. The molecule has 0 radical (unpaired) electrons. The van der Waals surface area contributed by atoms with Crippen LogP contribution in [0.1, 0.15) is 25.7 Å². The van der Waals surface area contributed by atoms with Gasteiger partial charge in [0.2, 0.25) is 0 Å². The minimum absolute atomic E-state index is 0.644. The van der Waals surface area contributed by atoms with Crippen LogP contribution in [0.3, 0.4) is 0 Å². The number of nitrogens with one attached hydrogen (secondary N) is 1. The second-order valence-electron chi connectivity index (χ2n) is 4.06. The van der Waals surface area contributed by atoms with Gasteiger partial charge in [-0.05, 0) is 25.8 Å². The Hall–Kier alpha value is -0.120. The molecule has 0 aromatic carbocycles. The van der Waals surface area contributed by atoms with Gasteiger partial charge in [-0.3, -0.25) is 0 Å². The summed E-state index contributed by atoms with van der Waals surface area (Å²) in [5.74, 6) is 0.992. The monoisotopic (exact) mass is 201 g/mol.